The molecule has 2 aromatic carbocycles. The summed E-state index contributed by atoms with van der Waals surface area (Å²) >= 11 is 6.08. The standard InChI is InChI=1S/C24H28ClN3O/c1-16(2)24(29)27-21-5-3-4-18(12-21)17-8-10-28(11-9-17)15-19-14-26-23-13-20(25)6-7-22(19)23/h3-7,12-14,16-17,19H,8-11,15H2,1-2H3,(H,27,29). The van der Waals surface area contributed by atoms with Crippen LogP contribution in [0.25, 0.3) is 0 Å². The normalized spacial score (nSPS) is 19.5. The molecule has 0 spiro atoms. The number of benzene rings is 2. The minimum absolute atomic E-state index is 0.0119. The molecule has 152 valence electrons. The lowest BCUT2D eigenvalue weighted by Gasteiger charge is -2.33. The molecule has 29 heavy (non-hydrogen) atoms. The summed E-state index contributed by atoms with van der Waals surface area (Å²) in [6.45, 7) is 7.00. The quantitative estimate of drug-likeness (QED) is 0.697. The molecule has 2 aliphatic rings. The van der Waals surface area contributed by atoms with Crippen LogP contribution in [-0.2, 0) is 4.79 Å². The largest absolute Gasteiger partial charge is 0.326 e. The van der Waals surface area contributed by atoms with Gasteiger partial charge in [0.2, 0.25) is 5.91 Å². The van der Waals surface area contributed by atoms with Crippen molar-refractivity contribution in [3.63, 3.8) is 0 Å². The summed E-state index contributed by atoms with van der Waals surface area (Å²) in [7, 11) is 0. The fourth-order valence-corrected chi connectivity index (χ4v) is 4.39. The van der Waals surface area contributed by atoms with Crippen LogP contribution >= 0.6 is 11.6 Å². The molecule has 2 heterocycles. The van der Waals surface area contributed by atoms with Crippen LogP contribution in [-0.4, -0.2) is 36.7 Å². The Morgan fingerprint density at radius 1 is 1.21 bits per heavy atom. The zero-order valence-corrected chi connectivity index (χ0v) is 17.8. The van der Waals surface area contributed by atoms with Crippen LogP contribution in [0.1, 0.15) is 49.7 Å². The van der Waals surface area contributed by atoms with Gasteiger partial charge in [0, 0.05) is 35.3 Å². The summed E-state index contributed by atoms with van der Waals surface area (Å²) in [6, 6.07) is 14.4. The molecular weight excluding hydrogens is 382 g/mol. The number of aliphatic imine (C=N–C) groups is 1. The highest BCUT2D eigenvalue weighted by molar-refractivity contribution is 6.30. The highest BCUT2D eigenvalue weighted by Gasteiger charge is 2.26. The van der Waals surface area contributed by atoms with Crippen molar-refractivity contribution in [1.82, 2.24) is 4.90 Å². The summed E-state index contributed by atoms with van der Waals surface area (Å²) in [6.07, 6.45) is 4.34. The molecule has 0 aromatic heterocycles. The summed E-state index contributed by atoms with van der Waals surface area (Å²) in [4.78, 5) is 19.1. The molecule has 1 fully saturated rings. The zero-order valence-electron chi connectivity index (χ0n) is 17.1. The molecule has 1 atom stereocenters. The van der Waals surface area contributed by atoms with Crippen LogP contribution in [0, 0.1) is 5.92 Å². The van der Waals surface area contributed by atoms with Gasteiger partial charge in [0.05, 0.1) is 5.69 Å². The number of rotatable bonds is 5. The van der Waals surface area contributed by atoms with E-state index in [1.165, 1.54) is 11.1 Å². The first kappa shape index (κ1) is 20.1. The number of hydrogen-bond donors (Lipinski definition) is 1. The maximum Gasteiger partial charge on any atom is 0.226 e. The van der Waals surface area contributed by atoms with E-state index in [1.807, 2.05) is 32.0 Å². The second-order valence-corrected chi connectivity index (χ2v) is 8.87. The van der Waals surface area contributed by atoms with E-state index in [-0.39, 0.29) is 11.8 Å². The molecule has 1 unspecified atom stereocenters. The van der Waals surface area contributed by atoms with Gasteiger partial charge in [0.25, 0.3) is 0 Å². The molecule has 0 bridgehead atoms. The second kappa shape index (κ2) is 8.68. The molecule has 0 saturated carbocycles. The van der Waals surface area contributed by atoms with Crippen molar-refractivity contribution in [3.05, 3.63) is 58.6 Å². The van der Waals surface area contributed by atoms with Crippen LogP contribution in [0.3, 0.4) is 0 Å². The molecule has 0 aliphatic carbocycles. The van der Waals surface area contributed by atoms with E-state index in [2.05, 4.69) is 45.7 Å². The van der Waals surface area contributed by atoms with Crippen LogP contribution in [0.4, 0.5) is 11.4 Å². The van der Waals surface area contributed by atoms with Crippen LogP contribution < -0.4 is 5.32 Å². The lowest BCUT2D eigenvalue weighted by molar-refractivity contribution is -0.118. The number of carbonyl (C=O) groups excluding carboxylic acids is 1. The smallest absolute Gasteiger partial charge is 0.226 e. The molecule has 4 rings (SSSR count). The fraction of sp³-hybridized carbons (Fsp3) is 0.417. The lowest BCUT2D eigenvalue weighted by Crippen LogP contribution is -2.36. The third-order valence-electron chi connectivity index (χ3n) is 5.98. The molecular formula is C24H28ClN3O. The van der Waals surface area contributed by atoms with Crippen molar-refractivity contribution in [2.24, 2.45) is 10.9 Å². The molecule has 2 aliphatic heterocycles. The predicted molar refractivity (Wildman–Crippen MR) is 121 cm³/mol. The Labute approximate surface area is 178 Å². The van der Waals surface area contributed by atoms with E-state index in [0.717, 1.165) is 48.9 Å². The Morgan fingerprint density at radius 2 is 2.00 bits per heavy atom. The van der Waals surface area contributed by atoms with Gasteiger partial charge in [0.1, 0.15) is 0 Å². The number of carbonyl (C=O) groups is 1. The molecule has 5 heteroatoms. The second-order valence-electron chi connectivity index (χ2n) is 8.43. The lowest BCUT2D eigenvalue weighted by atomic mass is 9.88. The van der Waals surface area contributed by atoms with Gasteiger partial charge in [-0.2, -0.15) is 0 Å². The Morgan fingerprint density at radius 3 is 2.76 bits per heavy atom. The number of nitrogens with one attached hydrogen (secondary N) is 1. The van der Waals surface area contributed by atoms with Crippen molar-refractivity contribution in [2.45, 2.75) is 38.5 Å². The Hall–Kier alpha value is -2.17. The fourth-order valence-electron chi connectivity index (χ4n) is 4.22. The third kappa shape index (κ3) is 4.71. The van der Waals surface area contributed by atoms with Gasteiger partial charge in [-0.3, -0.25) is 9.79 Å². The number of hydrogen-bond acceptors (Lipinski definition) is 3. The Balaban J connectivity index is 1.34. The average Bonchev–Trinajstić information content (AvgIpc) is 3.10. The van der Waals surface area contributed by atoms with Gasteiger partial charge in [-0.25, -0.2) is 0 Å². The maximum atomic E-state index is 12.0. The highest BCUT2D eigenvalue weighted by Crippen LogP contribution is 2.36. The first-order valence-electron chi connectivity index (χ1n) is 10.5. The van der Waals surface area contributed by atoms with Gasteiger partial charge in [-0.05, 0) is 67.2 Å². The number of anilines is 1. The number of amides is 1. The number of halogens is 1. The molecule has 2 aromatic rings. The van der Waals surface area contributed by atoms with E-state index in [0.29, 0.717) is 11.8 Å². The van der Waals surface area contributed by atoms with Crippen molar-refractivity contribution >= 4 is 35.1 Å². The molecule has 1 saturated heterocycles. The van der Waals surface area contributed by atoms with E-state index < -0.39 is 0 Å². The van der Waals surface area contributed by atoms with Crippen LogP contribution in [0.15, 0.2) is 47.5 Å². The van der Waals surface area contributed by atoms with E-state index in [1.54, 1.807) is 0 Å². The minimum atomic E-state index is -0.0119. The summed E-state index contributed by atoms with van der Waals surface area (Å²) < 4.78 is 0. The number of nitrogens with zero attached hydrogens (tertiary/aromatic N) is 2. The van der Waals surface area contributed by atoms with Gasteiger partial charge in [-0.1, -0.05) is 43.6 Å². The highest BCUT2D eigenvalue weighted by atomic mass is 35.5. The molecule has 1 N–H and O–H groups in total. The number of likely N-dealkylation sites (tertiary alicyclic amines) is 1. The predicted octanol–water partition coefficient (Wildman–Crippen LogP) is 5.61. The monoisotopic (exact) mass is 409 g/mol. The Bertz CT molecular complexity index is 916. The van der Waals surface area contributed by atoms with Crippen molar-refractivity contribution in [2.75, 3.05) is 25.0 Å². The summed E-state index contributed by atoms with van der Waals surface area (Å²) in [5.74, 6) is 0.956. The summed E-state index contributed by atoms with van der Waals surface area (Å²) in [5.41, 5.74) is 4.53. The average molecular weight is 410 g/mol. The van der Waals surface area contributed by atoms with E-state index >= 15 is 0 Å². The number of fused-ring (bicyclic) bond motifs is 1. The SMILES string of the molecule is CC(C)C(=O)Nc1cccc(C2CCN(CC3C=Nc4cc(Cl)ccc43)CC2)c1. The first-order chi connectivity index (χ1) is 14.0. The van der Waals surface area contributed by atoms with Gasteiger partial charge in [0.15, 0.2) is 0 Å². The van der Waals surface area contributed by atoms with Crippen molar-refractivity contribution in [1.29, 1.82) is 0 Å². The van der Waals surface area contributed by atoms with Crippen molar-refractivity contribution < 1.29 is 4.79 Å². The topological polar surface area (TPSA) is 44.7 Å². The summed E-state index contributed by atoms with van der Waals surface area (Å²) in [5, 5.41) is 3.76. The van der Waals surface area contributed by atoms with Crippen molar-refractivity contribution in [3.8, 4) is 0 Å². The van der Waals surface area contributed by atoms with Gasteiger partial charge < -0.3 is 10.2 Å². The van der Waals surface area contributed by atoms with Gasteiger partial charge >= 0.3 is 0 Å². The molecule has 0 radical (unpaired) electrons. The van der Waals surface area contributed by atoms with Crippen LogP contribution in [0.2, 0.25) is 5.02 Å². The Kier molecular flexibility index (Phi) is 6.02. The van der Waals surface area contributed by atoms with Crippen LogP contribution in [0.5, 0.6) is 0 Å². The third-order valence-corrected chi connectivity index (χ3v) is 6.21. The van der Waals surface area contributed by atoms with E-state index in [9.17, 15) is 4.79 Å². The minimum Gasteiger partial charge on any atom is -0.326 e. The first-order valence-corrected chi connectivity index (χ1v) is 10.8. The molecule has 4 nitrogen and oxygen atoms in total. The number of piperidine rings is 1. The van der Waals surface area contributed by atoms with E-state index in [4.69, 9.17) is 11.6 Å². The molecule has 1 amide bonds. The maximum absolute atomic E-state index is 12.0. The van der Waals surface area contributed by atoms with Gasteiger partial charge in [-0.15, -0.1) is 0 Å². The zero-order chi connectivity index (χ0) is 20.4.